The number of aromatic nitrogens is 2. The fourth-order valence-electron chi connectivity index (χ4n) is 2.89. The highest BCUT2D eigenvalue weighted by atomic mass is 35.5. The van der Waals surface area contributed by atoms with Gasteiger partial charge in [-0.3, -0.25) is 0 Å². The molecule has 0 bridgehead atoms. The van der Waals surface area contributed by atoms with Gasteiger partial charge >= 0.3 is 0 Å². The lowest BCUT2D eigenvalue weighted by atomic mass is 10.0. The van der Waals surface area contributed by atoms with Crippen molar-refractivity contribution >= 4 is 40.5 Å². The predicted molar refractivity (Wildman–Crippen MR) is 121 cm³/mol. The third kappa shape index (κ3) is 5.31. The lowest BCUT2D eigenvalue weighted by Crippen LogP contribution is -2.21. The van der Waals surface area contributed by atoms with E-state index in [1.807, 2.05) is 30.4 Å². The first-order valence-corrected chi connectivity index (χ1v) is 9.94. The van der Waals surface area contributed by atoms with E-state index in [2.05, 4.69) is 67.4 Å². The van der Waals surface area contributed by atoms with E-state index in [0.29, 0.717) is 16.8 Å². The van der Waals surface area contributed by atoms with Crippen LogP contribution in [-0.4, -0.2) is 42.1 Å². The van der Waals surface area contributed by atoms with Gasteiger partial charge in [0.25, 0.3) is 0 Å². The molecular formula is C23H27ClN4. The third-order valence-electron chi connectivity index (χ3n) is 4.55. The number of halogens is 1. The first kappa shape index (κ1) is 20.3. The summed E-state index contributed by atoms with van der Waals surface area (Å²) in [5, 5.41) is 5.04. The van der Waals surface area contributed by atoms with Gasteiger partial charge < -0.3 is 10.2 Å². The number of nitrogens with one attached hydrogen (secondary N) is 1. The first-order valence-electron chi connectivity index (χ1n) is 9.56. The Morgan fingerprint density at radius 2 is 1.79 bits per heavy atom. The monoisotopic (exact) mass is 394 g/mol. The molecule has 0 aliphatic rings. The highest BCUT2D eigenvalue weighted by Crippen LogP contribution is 2.24. The molecule has 146 valence electrons. The second-order valence-corrected chi connectivity index (χ2v) is 7.91. The van der Waals surface area contributed by atoms with Crippen LogP contribution in [0.1, 0.15) is 36.7 Å². The van der Waals surface area contributed by atoms with Crippen LogP contribution < -0.4 is 5.32 Å². The second kappa shape index (κ2) is 9.18. The van der Waals surface area contributed by atoms with E-state index in [1.54, 1.807) is 0 Å². The van der Waals surface area contributed by atoms with E-state index in [1.165, 1.54) is 5.56 Å². The van der Waals surface area contributed by atoms with Gasteiger partial charge in [0.1, 0.15) is 5.82 Å². The smallest absolute Gasteiger partial charge is 0.154 e. The largest absolute Gasteiger partial charge is 0.368 e. The van der Waals surface area contributed by atoms with Crippen molar-refractivity contribution in [2.75, 3.05) is 32.5 Å². The highest BCUT2D eigenvalue weighted by molar-refractivity contribution is 6.31. The van der Waals surface area contributed by atoms with Gasteiger partial charge in [-0.2, -0.15) is 0 Å². The van der Waals surface area contributed by atoms with E-state index in [0.717, 1.165) is 35.4 Å². The Hall–Kier alpha value is -2.43. The molecule has 4 nitrogen and oxygen atoms in total. The molecule has 5 heteroatoms. The van der Waals surface area contributed by atoms with E-state index in [-0.39, 0.29) is 0 Å². The zero-order chi connectivity index (χ0) is 20.1. The first-order chi connectivity index (χ1) is 13.4. The molecule has 3 aromatic rings. The summed E-state index contributed by atoms with van der Waals surface area (Å²) in [5.74, 6) is 2.02. The number of benzene rings is 2. The minimum Gasteiger partial charge on any atom is -0.368 e. The topological polar surface area (TPSA) is 41.1 Å². The summed E-state index contributed by atoms with van der Waals surface area (Å²) in [4.78, 5) is 11.5. The van der Waals surface area contributed by atoms with Gasteiger partial charge in [-0.05, 0) is 55.4 Å². The number of nitrogens with zero attached hydrogens (tertiary/aromatic N) is 3. The standard InChI is InChI=1S/C23H27ClN4/c1-16(2)18-8-5-17(6-9-18)7-12-22-26-21-11-10-19(24)15-20(21)23(27-22)25-13-14-28(3)4/h5-12,15-16H,13-14H2,1-4H3,(H,25,26,27)/b12-7+. The SMILES string of the molecule is CC(C)c1ccc(/C=C/c2nc(NCCN(C)C)c3cc(Cl)ccc3n2)cc1. The van der Waals surface area contributed by atoms with Crippen LogP contribution in [0, 0.1) is 0 Å². The van der Waals surface area contributed by atoms with Crippen molar-refractivity contribution in [3.63, 3.8) is 0 Å². The van der Waals surface area contributed by atoms with Crippen LogP contribution in [0.3, 0.4) is 0 Å². The Morgan fingerprint density at radius 3 is 2.46 bits per heavy atom. The van der Waals surface area contributed by atoms with Gasteiger partial charge in [0.05, 0.1) is 5.52 Å². The Morgan fingerprint density at radius 1 is 1.04 bits per heavy atom. The lowest BCUT2D eigenvalue weighted by Gasteiger charge is -2.13. The summed E-state index contributed by atoms with van der Waals surface area (Å²) in [6, 6.07) is 14.3. The van der Waals surface area contributed by atoms with Crippen LogP contribution in [0.25, 0.3) is 23.1 Å². The molecule has 0 atom stereocenters. The predicted octanol–water partition coefficient (Wildman–Crippen LogP) is 5.55. The van der Waals surface area contributed by atoms with Crippen LogP contribution in [0.2, 0.25) is 5.02 Å². The van der Waals surface area contributed by atoms with Crippen molar-refractivity contribution in [2.24, 2.45) is 0 Å². The molecule has 1 N–H and O–H groups in total. The molecular weight excluding hydrogens is 368 g/mol. The molecule has 0 saturated heterocycles. The number of likely N-dealkylation sites (N-methyl/N-ethyl adjacent to an activating group) is 1. The Balaban J connectivity index is 1.88. The van der Waals surface area contributed by atoms with Gasteiger partial charge in [-0.15, -0.1) is 0 Å². The quantitative estimate of drug-likeness (QED) is 0.570. The summed E-state index contributed by atoms with van der Waals surface area (Å²) in [7, 11) is 4.10. The Labute approximate surface area is 172 Å². The van der Waals surface area contributed by atoms with Crippen molar-refractivity contribution in [3.05, 3.63) is 64.4 Å². The van der Waals surface area contributed by atoms with Crippen molar-refractivity contribution in [3.8, 4) is 0 Å². The number of hydrogen-bond acceptors (Lipinski definition) is 4. The molecule has 0 amide bonds. The molecule has 28 heavy (non-hydrogen) atoms. The van der Waals surface area contributed by atoms with E-state index >= 15 is 0 Å². The molecule has 0 aliphatic heterocycles. The van der Waals surface area contributed by atoms with E-state index in [9.17, 15) is 0 Å². The summed E-state index contributed by atoms with van der Waals surface area (Å²) in [5.41, 5.74) is 3.34. The second-order valence-electron chi connectivity index (χ2n) is 7.48. The van der Waals surface area contributed by atoms with Crippen molar-refractivity contribution < 1.29 is 0 Å². The summed E-state index contributed by atoms with van der Waals surface area (Å²) >= 11 is 6.19. The zero-order valence-electron chi connectivity index (χ0n) is 16.9. The minimum absolute atomic E-state index is 0.532. The molecule has 0 fully saturated rings. The van der Waals surface area contributed by atoms with Gasteiger partial charge in [-0.1, -0.05) is 55.8 Å². The molecule has 0 radical (unpaired) electrons. The molecule has 0 aliphatic carbocycles. The minimum atomic E-state index is 0.532. The van der Waals surface area contributed by atoms with Crippen LogP contribution >= 0.6 is 11.6 Å². The normalized spacial score (nSPS) is 11.8. The van der Waals surface area contributed by atoms with E-state index in [4.69, 9.17) is 16.6 Å². The summed E-state index contributed by atoms with van der Waals surface area (Å²) < 4.78 is 0. The Kier molecular flexibility index (Phi) is 6.65. The van der Waals surface area contributed by atoms with Gasteiger partial charge in [0.2, 0.25) is 0 Å². The van der Waals surface area contributed by atoms with Crippen molar-refractivity contribution in [2.45, 2.75) is 19.8 Å². The van der Waals surface area contributed by atoms with Gasteiger partial charge in [0, 0.05) is 23.5 Å². The average Bonchev–Trinajstić information content (AvgIpc) is 2.66. The number of anilines is 1. The van der Waals surface area contributed by atoms with Gasteiger partial charge in [0.15, 0.2) is 5.82 Å². The number of fused-ring (bicyclic) bond motifs is 1. The molecule has 3 rings (SSSR count). The highest BCUT2D eigenvalue weighted by Gasteiger charge is 2.07. The number of hydrogen-bond donors (Lipinski definition) is 1. The van der Waals surface area contributed by atoms with Crippen molar-refractivity contribution in [1.29, 1.82) is 0 Å². The third-order valence-corrected chi connectivity index (χ3v) is 4.79. The molecule has 0 spiro atoms. The lowest BCUT2D eigenvalue weighted by molar-refractivity contribution is 0.425. The molecule has 0 saturated carbocycles. The maximum atomic E-state index is 6.19. The van der Waals surface area contributed by atoms with Crippen LogP contribution in [0.5, 0.6) is 0 Å². The van der Waals surface area contributed by atoms with Crippen molar-refractivity contribution in [1.82, 2.24) is 14.9 Å². The Bertz CT molecular complexity index is 962. The fraction of sp³-hybridized carbons (Fsp3) is 0.304. The molecule has 0 unspecified atom stereocenters. The molecule has 1 heterocycles. The summed E-state index contributed by atoms with van der Waals surface area (Å²) in [6.45, 7) is 6.11. The van der Waals surface area contributed by atoms with Gasteiger partial charge in [-0.25, -0.2) is 9.97 Å². The average molecular weight is 395 g/mol. The molecule has 1 aromatic heterocycles. The number of rotatable bonds is 7. The van der Waals surface area contributed by atoms with E-state index < -0.39 is 0 Å². The maximum absolute atomic E-state index is 6.19. The maximum Gasteiger partial charge on any atom is 0.154 e. The molecule has 2 aromatic carbocycles. The van der Waals surface area contributed by atoms with Crippen LogP contribution in [-0.2, 0) is 0 Å². The fourth-order valence-corrected chi connectivity index (χ4v) is 3.06. The zero-order valence-corrected chi connectivity index (χ0v) is 17.7. The van der Waals surface area contributed by atoms with Crippen LogP contribution in [0.4, 0.5) is 5.82 Å². The van der Waals surface area contributed by atoms with Crippen LogP contribution in [0.15, 0.2) is 42.5 Å². The summed E-state index contributed by atoms with van der Waals surface area (Å²) in [6.07, 6.45) is 4.00.